The Labute approximate surface area is 146 Å². The third-order valence-electron chi connectivity index (χ3n) is 5.19. The van der Waals surface area contributed by atoms with Crippen LogP contribution >= 0.6 is 0 Å². The summed E-state index contributed by atoms with van der Waals surface area (Å²) in [5, 5.41) is 9.79. The van der Waals surface area contributed by atoms with Crippen LogP contribution in [0.5, 0.6) is 0 Å². The molecule has 4 aromatic rings. The van der Waals surface area contributed by atoms with Crippen molar-refractivity contribution in [3.63, 3.8) is 0 Å². The predicted octanol–water partition coefficient (Wildman–Crippen LogP) is 4.72. The van der Waals surface area contributed by atoms with E-state index in [1.807, 2.05) is 12.4 Å². The molecular weight excluding hydrogens is 306 g/mol. The maximum atomic E-state index is 4.21. The summed E-state index contributed by atoms with van der Waals surface area (Å²) in [4.78, 5) is 2.52. The molecule has 1 N–H and O–H groups in total. The molecule has 3 nitrogen and oxygen atoms in total. The predicted molar refractivity (Wildman–Crippen MR) is 102 cm³/mol. The third-order valence-corrected chi connectivity index (χ3v) is 5.19. The Morgan fingerprint density at radius 3 is 2.68 bits per heavy atom. The zero-order chi connectivity index (χ0) is 16.6. The second-order valence-electron chi connectivity index (χ2n) is 6.57. The Kier molecular flexibility index (Phi) is 3.30. The highest BCUT2D eigenvalue weighted by Crippen LogP contribution is 2.40. The summed E-state index contributed by atoms with van der Waals surface area (Å²) >= 11 is 0. The molecule has 1 atom stereocenters. The van der Waals surface area contributed by atoms with Gasteiger partial charge in [-0.25, -0.2) is 0 Å². The van der Waals surface area contributed by atoms with E-state index in [0.29, 0.717) is 0 Å². The van der Waals surface area contributed by atoms with Gasteiger partial charge in [0.2, 0.25) is 0 Å². The van der Waals surface area contributed by atoms with E-state index in [1.165, 1.54) is 33.2 Å². The van der Waals surface area contributed by atoms with Crippen molar-refractivity contribution >= 4 is 16.5 Å². The van der Waals surface area contributed by atoms with Gasteiger partial charge in [-0.2, -0.15) is 5.10 Å². The number of aromatic nitrogens is 2. The zero-order valence-electron chi connectivity index (χ0n) is 13.9. The monoisotopic (exact) mass is 325 g/mol. The fourth-order valence-electron chi connectivity index (χ4n) is 4.05. The van der Waals surface area contributed by atoms with Crippen LogP contribution < -0.4 is 4.90 Å². The molecule has 25 heavy (non-hydrogen) atoms. The highest BCUT2D eigenvalue weighted by Gasteiger charge is 2.30. The molecule has 0 aliphatic carbocycles. The summed E-state index contributed by atoms with van der Waals surface area (Å²) in [5.74, 6) is 0. The molecule has 0 saturated heterocycles. The number of H-pyrrole nitrogens is 1. The first-order valence-corrected chi connectivity index (χ1v) is 8.73. The summed E-state index contributed by atoms with van der Waals surface area (Å²) < 4.78 is 0. The minimum Gasteiger partial charge on any atom is -0.359 e. The van der Waals surface area contributed by atoms with Gasteiger partial charge < -0.3 is 4.90 Å². The Bertz CT molecular complexity index is 1020. The van der Waals surface area contributed by atoms with Crippen molar-refractivity contribution in [2.24, 2.45) is 0 Å². The number of anilines is 1. The van der Waals surface area contributed by atoms with Crippen molar-refractivity contribution < 1.29 is 0 Å². The van der Waals surface area contributed by atoms with Crippen molar-refractivity contribution in [1.82, 2.24) is 10.2 Å². The van der Waals surface area contributed by atoms with Gasteiger partial charge in [0.1, 0.15) is 0 Å². The average molecular weight is 325 g/mol. The molecule has 1 aliphatic heterocycles. The standard InChI is InChI=1S/C22H19N3/c1-3-9-19-16(6-1)8-5-11-21(19)25-13-12-17-7-2-4-10-20(17)22(25)18-14-23-24-15-18/h1-11,14-15,22H,12-13H2,(H,23,24). The largest absolute Gasteiger partial charge is 0.359 e. The van der Waals surface area contributed by atoms with Crippen molar-refractivity contribution in [2.45, 2.75) is 12.5 Å². The molecule has 3 heteroatoms. The number of hydrogen-bond acceptors (Lipinski definition) is 2. The fraction of sp³-hybridized carbons (Fsp3) is 0.136. The van der Waals surface area contributed by atoms with Gasteiger partial charge in [0, 0.05) is 29.4 Å². The van der Waals surface area contributed by atoms with Crippen LogP contribution in [0.15, 0.2) is 79.1 Å². The second kappa shape index (κ2) is 5.78. The van der Waals surface area contributed by atoms with Gasteiger partial charge in [-0.1, -0.05) is 60.7 Å². The van der Waals surface area contributed by atoms with Crippen molar-refractivity contribution in [1.29, 1.82) is 0 Å². The van der Waals surface area contributed by atoms with E-state index < -0.39 is 0 Å². The zero-order valence-corrected chi connectivity index (χ0v) is 13.9. The lowest BCUT2D eigenvalue weighted by Gasteiger charge is -2.39. The number of hydrogen-bond donors (Lipinski definition) is 1. The molecule has 0 fully saturated rings. The summed E-state index contributed by atoms with van der Waals surface area (Å²) in [6.07, 6.45) is 5.03. The number of benzene rings is 3. The fourth-order valence-corrected chi connectivity index (χ4v) is 4.05. The molecular formula is C22H19N3. The first-order chi connectivity index (χ1) is 12.4. The van der Waals surface area contributed by atoms with Crippen LogP contribution in [0, 0.1) is 0 Å². The van der Waals surface area contributed by atoms with Crippen LogP contribution in [-0.4, -0.2) is 16.7 Å². The first kappa shape index (κ1) is 14.3. The van der Waals surface area contributed by atoms with E-state index in [9.17, 15) is 0 Å². The molecule has 0 bridgehead atoms. The van der Waals surface area contributed by atoms with Crippen LogP contribution in [-0.2, 0) is 6.42 Å². The van der Waals surface area contributed by atoms with Crippen molar-refractivity contribution in [2.75, 3.05) is 11.4 Å². The summed E-state index contributed by atoms with van der Waals surface area (Å²) in [7, 11) is 0. The Morgan fingerprint density at radius 2 is 1.76 bits per heavy atom. The van der Waals surface area contributed by atoms with E-state index in [-0.39, 0.29) is 6.04 Å². The molecule has 122 valence electrons. The quantitative estimate of drug-likeness (QED) is 0.578. The third kappa shape index (κ3) is 2.31. The van der Waals surface area contributed by atoms with Gasteiger partial charge in [0.15, 0.2) is 0 Å². The number of aromatic amines is 1. The lowest BCUT2D eigenvalue weighted by Crippen LogP contribution is -2.36. The number of rotatable bonds is 2. The summed E-state index contributed by atoms with van der Waals surface area (Å²) in [5.41, 5.74) is 5.31. The molecule has 0 radical (unpaired) electrons. The van der Waals surface area contributed by atoms with Gasteiger partial charge in [-0.15, -0.1) is 0 Å². The number of nitrogens with one attached hydrogen (secondary N) is 1. The van der Waals surface area contributed by atoms with E-state index in [4.69, 9.17) is 0 Å². The SMILES string of the molecule is c1ccc2c(c1)CCN(c1cccc3ccccc13)C2c1cn[nH]c1. The highest BCUT2D eigenvalue weighted by atomic mass is 15.2. The molecule has 1 aromatic heterocycles. The van der Waals surface area contributed by atoms with Gasteiger partial charge in [-0.05, 0) is 29.0 Å². The maximum Gasteiger partial charge on any atom is 0.0829 e. The van der Waals surface area contributed by atoms with E-state index in [2.05, 4.69) is 81.8 Å². The summed E-state index contributed by atoms with van der Waals surface area (Å²) in [6, 6.07) is 24.2. The molecule has 0 amide bonds. The maximum absolute atomic E-state index is 4.21. The van der Waals surface area contributed by atoms with E-state index >= 15 is 0 Å². The van der Waals surface area contributed by atoms with Crippen molar-refractivity contribution in [3.8, 4) is 0 Å². The van der Waals surface area contributed by atoms with Gasteiger partial charge in [0.05, 0.1) is 12.2 Å². The second-order valence-corrected chi connectivity index (χ2v) is 6.57. The first-order valence-electron chi connectivity index (χ1n) is 8.73. The molecule has 2 heterocycles. The molecule has 3 aromatic carbocycles. The minimum atomic E-state index is 0.189. The summed E-state index contributed by atoms with van der Waals surface area (Å²) in [6.45, 7) is 1.00. The van der Waals surface area contributed by atoms with Crippen LogP contribution in [0.1, 0.15) is 22.7 Å². The van der Waals surface area contributed by atoms with Crippen LogP contribution in [0.25, 0.3) is 10.8 Å². The Morgan fingerprint density at radius 1 is 0.920 bits per heavy atom. The molecule has 0 saturated carbocycles. The van der Waals surface area contributed by atoms with E-state index in [1.54, 1.807) is 0 Å². The van der Waals surface area contributed by atoms with E-state index in [0.717, 1.165) is 13.0 Å². The number of nitrogens with zero attached hydrogens (tertiary/aromatic N) is 2. The molecule has 1 aliphatic rings. The Balaban J connectivity index is 1.72. The number of fused-ring (bicyclic) bond motifs is 2. The van der Waals surface area contributed by atoms with Gasteiger partial charge in [-0.3, -0.25) is 5.10 Å². The van der Waals surface area contributed by atoms with Gasteiger partial charge in [0.25, 0.3) is 0 Å². The smallest absolute Gasteiger partial charge is 0.0829 e. The normalized spacial score (nSPS) is 16.8. The molecule has 1 unspecified atom stereocenters. The molecule has 0 spiro atoms. The van der Waals surface area contributed by atoms with Crippen LogP contribution in [0.4, 0.5) is 5.69 Å². The lowest BCUT2D eigenvalue weighted by molar-refractivity contribution is 0.655. The van der Waals surface area contributed by atoms with Crippen LogP contribution in [0.2, 0.25) is 0 Å². The van der Waals surface area contributed by atoms with Gasteiger partial charge >= 0.3 is 0 Å². The Hall–Kier alpha value is -3.07. The highest BCUT2D eigenvalue weighted by molar-refractivity contribution is 5.94. The lowest BCUT2D eigenvalue weighted by atomic mass is 9.88. The van der Waals surface area contributed by atoms with Crippen LogP contribution in [0.3, 0.4) is 0 Å². The molecule has 5 rings (SSSR count). The average Bonchev–Trinajstić information content (AvgIpc) is 3.21. The van der Waals surface area contributed by atoms with Crippen molar-refractivity contribution in [3.05, 3.63) is 95.8 Å². The minimum absolute atomic E-state index is 0.189. The topological polar surface area (TPSA) is 31.9 Å².